The van der Waals surface area contributed by atoms with Crippen LogP contribution in [0.3, 0.4) is 0 Å². The second kappa shape index (κ2) is 7.72. The van der Waals surface area contributed by atoms with Crippen molar-refractivity contribution in [1.29, 1.82) is 0 Å². The summed E-state index contributed by atoms with van der Waals surface area (Å²) in [5.41, 5.74) is 0. The highest BCUT2D eigenvalue weighted by molar-refractivity contribution is 8.31. The molecule has 0 fully saturated rings. The molecule has 0 unspecified atom stereocenters. The van der Waals surface area contributed by atoms with Gasteiger partial charge in [0.15, 0.2) is 0 Å². The van der Waals surface area contributed by atoms with Crippen LogP contribution >= 0.6 is 10.3 Å². The zero-order valence-electron chi connectivity index (χ0n) is 14.9. The van der Waals surface area contributed by atoms with E-state index < -0.39 is 43.7 Å². The van der Waals surface area contributed by atoms with Gasteiger partial charge in [0.2, 0.25) is 0 Å². The standard InChI is InChI=1S/C14H15F9O4S2/c1-4-26-9-5-7-10(8-6-9)28(2,3)27-29(24,25)14(22,23)12(17,18)11(15,16)13(19,20)21/h5-8H,4H2,1-3H3/p+1. The minimum absolute atomic E-state index is 0.0637. The fraction of sp³-hybridized carbons (Fsp3) is 0.571. The molecule has 0 aromatic heterocycles. The lowest BCUT2D eigenvalue weighted by atomic mass is 10.1. The van der Waals surface area contributed by atoms with Gasteiger partial charge in [-0.3, -0.25) is 3.63 Å². The molecule has 170 valence electrons. The molecular formula is C14H16F9O4S2+. The van der Waals surface area contributed by atoms with E-state index in [2.05, 4.69) is 3.63 Å². The maximum Gasteiger partial charge on any atom is 0.486 e. The van der Waals surface area contributed by atoms with Crippen molar-refractivity contribution in [2.45, 2.75) is 35.1 Å². The molecule has 0 radical (unpaired) electrons. The number of hydrogen-bond donors (Lipinski definition) is 0. The van der Waals surface area contributed by atoms with Gasteiger partial charge in [0, 0.05) is 22.8 Å². The second-order valence-corrected chi connectivity index (χ2v) is 11.0. The average molecular weight is 483 g/mol. The summed E-state index contributed by atoms with van der Waals surface area (Å²) in [6.45, 7) is 1.90. The van der Waals surface area contributed by atoms with E-state index in [1.165, 1.54) is 24.3 Å². The van der Waals surface area contributed by atoms with E-state index >= 15 is 0 Å². The van der Waals surface area contributed by atoms with Crippen LogP contribution in [0.5, 0.6) is 5.75 Å². The van der Waals surface area contributed by atoms with Crippen LogP contribution in [0.4, 0.5) is 39.5 Å². The molecule has 1 N–H and O–H groups in total. The molecule has 0 aliphatic heterocycles. The molecule has 0 amide bonds. The molecule has 0 bridgehead atoms. The molecule has 1 aromatic rings. The number of rotatable bonds is 8. The molecule has 4 nitrogen and oxygen atoms in total. The van der Waals surface area contributed by atoms with Crippen molar-refractivity contribution in [3.05, 3.63) is 24.3 Å². The molecule has 0 atom stereocenters. The van der Waals surface area contributed by atoms with E-state index in [4.69, 9.17) is 4.74 Å². The van der Waals surface area contributed by atoms with Crippen LogP contribution in [-0.2, 0) is 10.1 Å². The predicted octanol–water partition coefficient (Wildman–Crippen LogP) is 5.27. The summed E-state index contributed by atoms with van der Waals surface area (Å²) in [5, 5.41) is -6.84. The molecule has 29 heavy (non-hydrogen) atoms. The van der Waals surface area contributed by atoms with E-state index in [0.29, 0.717) is 0 Å². The first kappa shape index (κ1) is 25.7. The highest BCUT2D eigenvalue weighted by Crippen LogP contribution is 2.58. The lowest BCUT2D eigenvalue weighted by molar-refractivity contribution is -0.382. The highest BCUT2D eigenvalue weighted by Gasteiger charge is 2.87. The first-order valence-corrected chi connectivity index (χ1v) is 11.2. The monoisotopic (exact) mass is 483 g/mol. The zero-order valence-corrected chi connectivity index (χ0v) is 16.5. The number of ether oxygens (including phenoxy) is 1. The molecule has 0 aliphatic carbocycles. The minimum atomic E-state index is -7.33. The lowest BCUT2D eigenvalue weighted by Gasteiger charge is -2.33. The van der Waals surface area contributed by atoms with Crippen molar-refractivity contribution in [2.75, 3.05) is 19.1 Å². The van der Waals surface area contributed by atoms with Crippen molar-refractivity contribution < 1.29 is 56.3 Å². The fourth-order valence-electron chi connectivity index (χ4n) is 1.89. The van der Waals surface area contributed by atoms with E-state index in [9.17, 15) is 47.9 Å². The van der Waals surface area contributed by atoms with Crippen LogP contribution in [0.25, 0.3) is 0 Å². The molecule has 0 spiro atoms. The van der Waals surface area contributed by atoms with Crippen LogP contribution in [0.2, 0.25) is 0 Å². The minimum Gasteiger partial charge on any atom is -0.494 e. The molecule has 15 heteroatoms. The Bertz CT molecular complexity index is 818. The molecule has 0 heterocycles. The van der Waals surface area contributed by atoms with Crippen molar-refractivity contribution in [3.8, 4) is 5.75 Å². The topological polar surface area (TPSA) is 56.2 Å². The third-order valence-electron chi connectivity index (χ3n) is 3.44. The molecule has 1 rings (SSSR count). The number of alkyl halides is 9. The van der Waals surface area contributed by atoms with Gasteiger partial charge in [-0.05, 0) is 31.2 Å². The highest BCUT2D eigenvalue weighted by atomic mass is 32.3. The van der Waals surface area contributed by atoms with E-state index in [0.717, 1.165) is 12.5 Å². The Balaban J connectivity index is 3.32. The second-order valence-electron chi connectivity index (χ2n) is 5.89. The van der Waals surface area contributed by atoms with Gasteiger partial charge in [-0.2, -0.15) is 39.5 Å². The van der Waals surface area contributed by atoms with Crippen molar-refractivity contribution >= 4 is 20.4 Å². The summed E-state index contributed by atoms with van der Waals surface area (Å²) in [6.07, 6.45) is -5.25. The van der Waals surface area contributed by atoms with Crippen LogP contribution in [-0.4, -0.2) is 54.4 Å². The van der Waals surface area contributed by atoms with Crippen molar-refractivity contribution in [3.63, 3.8) is 0 Å². The SMILES string of the molecule is CCOc1ccc(S(C)(C)[OH+]S(=O)(=O)C(F)(F)C(F)(F)C(F)(F)C(F)(F)F)cc1. The van der Waals surface area contributed by atoms with Crippen LogP contribution in [0.1, 0.15) is 6.92 Å². The molecule has 0 saturated heterocycles. The maximum atomic E-state index is 13.8. The van der Waals surface area contributed by atoms with E-state index in [1.807, 2.05) is 0 Å². The average Bonchev–Trinajstić information content (AvgIpc) is 2.53. The van der Waals surface area contributed by atoms with E-state index in [-0.39, 0.29) is 17.3 Å². The normalized spacial score (nSPS) is 15.3. The number of halogens is 9. The van der Waals surface area contributed by atoms with Crippen molar-refractivity contribution in [1.82, 2.24) is 0 Å². The van der Waals surface area contributed by atoms with Gasteiger partial charge >= 0.3 is 33.4 Å². The number of benzene rings is 1. The van der Waals surface area contributed by atoms with Gasteiger partial charge in [-0.25, -0.2) is 0 Å². The Morgan fingerprint density at radius 2 is 1.31 bits per heavy atom. The van der Waals surface area contributed by atoms with Crippen LogP contribution < -0.4 is 4.74 Å². The Morgan fingerprint density at radius 3 is 1.69 bits per heavy atom. The van der Waals surface area contributed by atoms with Gasteiger partial charge in [0.25, 0.3) is 0 Å². The van der Waals surface area contributed by atoms with Gasteiger partial charge in [0.05, 0.1) is 11.5 Å². The van der Waals surface area contributed by atoms with Crippen molar-refractivity contribution in [2.24, 2.45) is 0 Å². The molecule has 0 aliphatic rings. The quantitative estimate of drug-likeness (QED) is 0.288. The zero-order chi connectivity index (χ0) is 23.1. The Kier molecular flexibility index (Phi) is 6.84. The lowest BCUT2D eigenvalue weighted by Crippen LogP contribution is -2.63. The number of hydrogen-bond acceptors (Lipinski definition) is 3. The van der Waals surface area contributed by atoms with Gasteiger partial charge in [0.1, 0.15) is 5.75 Å². The fourth-order valence-corrected chi connectivity index (χ4v) is 5.83. The summed E-state index contributed by atoms with van der Waals surface area (Å²) in [6, 6.07) is 4.89. The summed E-state index contributed by atoms with van der Waals surface area (Å²) in [7, 11) is -10.1. The maximum absolute atomic E-state index is 13.8. The van der Waals surface area contributed by atoms with Crippen LogP contribution in [0, 0.1) is 0 Å². The van der Waals surface area contributed by atoms with Gasteiger partial charge in [-0.1, -0.05) is 0 Å². The first-order valence-electron chi connectivity index (χ1n) is 7.40. The Hall–Kier alpha value is -1.35. The predicted molar refractivity (Wildman–Crippen MR) is 87.8 cm³/mol. The molecular weight excluding hydrogens is 467 g/mol. The molecule has 1 aromatic carbocycles. The summed E-state index contributed by atoms with van der Waals surface area (Å²) in [5.74, 6) is -14.4. The Morgan fingerprint density at radius 1 is 0.862 bits per heavy atom. The summed E-state index contributed by atoms with van der Waals surface area (Å²) in [4.78, 5) is -0.0637. The third kappa shape index (κ3) is 4.55. The summed E-state index contributed by atoms with van der Waals surface area (Å²) >= 11 is 0. The van der Waals surface area contributed by atoms with Gasteiger partial charge < -0.3 is 4.74 Å². The molecule has 0 saturated carbocycles. The van der Waals surface area contributed by atoms with Gasteiger partial charge in [-0.15, -0.1) is 8.42 Å². The van der Waals surface area contributed by atoms with Crippen LogP contribution in [0.15, 0.2) is 29.2 Å². The third-order valence-corrected chi connectivity index (χ3v) is 8.04. The van der Waals surface area contributed by atoms with E-state index in [1.54, 1.807) is 6.92 Å². The Labute approximate surface area is 161 Å². The summed E-state index contributed by atoms with van der Waals surface area (Å²) < 4.78 is 148. The largest absolute Gasteiger partial charge is 0.494 e. The first-order chi connectivity index (χ1) is 12.7. The smallest absolute Gasteiger partial charge is 0.486 e.